The summed E-state index contributed by atoms with van der Waals surface area (Å²) in [5.41, 5.74) is 2.36. The van der Waals surface area contributed by atoms with Crippen LogP contribution in [-0.4, -0.2) is 72.2 Å². The van der Waals surface area contributed by atoms with Crippen molar-refractivity contribution in [2.24, 2.45) is 0 Å². The number of hydrogen-bond donors (Lipinski definition) is 1. The number of furan rings is 1. The molecule has 1 aromatic carbocycles. The number of halogens is 1. The van der Waals surface area contributed by atoms with Crippen LogP contribution in [0.4, 0.5) is 10.7 Å². The zero-order valence-corrected chi connectivity index (χ0v) is 17.4. The van der Waals surface area contributed by atoms with Crippen LogP contribution in [0.2, 0.25) is 5.02 Å². The average molecular weight is 429 g/mol. The largest absolute Gasteiger partial charge is 0.465 e. The molecule has 9 heteroatoms. The van der Waals surface area contributed by atoms with Crippen molar-refractivity contribution in [1.29, 1.82) is 0 Å². The molecule has 0 bridgehead atoms. The van der Waals surface area contributed by atoms with E-state index in [0.717, 1.165) is 23.6 Å². The Labute approximate surface area is 178 Å². The van der Waals surface area contributed by atoms with Gasteiger partial charge in [0.25, 0.3) is 5.91 Å². The first-order valence-corrected chi connectivity index (χ1v) is 9.85. The molecule has 4 rings (SSSR count). The molecule has 2 aromatic heterocycles. The Morgan fingerprint density at radius 1 is 1.17 bits per heavy atom. The lowest BCUT2D eigenvalue weighted by Crippen LogP contribution is -2.47. The molecule has 0 aliphatic carbocycles. The third-order valence-electron chi connectivity index (χ3n) is 5.27. The van der Waals surface area contributed by atoms with Gasteiger partial charge in [-0.25, -0.2) is 4.79 Å². The van der Waals surface area contributed by atoms with Gasteiger partial charge in [0.1, 0.15) is 0 Å². The second-order valence-corrected chi connectivity index (χ2v) is 7.74. The lowest BCUT2D eigenvalue weighted by Gasteiger charge is -2.32. The molecule has 3 heterocycles. The fraction of sp³-hybridized carbons (Fsp3) is 0.286. The van der Waals surface area contributed by atoms with Crippen molar-refractivity contribution < 1.29 is 19.1 Å². The molecular weight excluding hydrogens is 408 g/mol. The molecule has 0 spiro atoms. The monoisotopic (exact) mass is 428 g/mol. The minimum absolute atomic E-state index is 0.0215. The van der Waals surface area contributed by atoms with Gasteiger partial charge in [-0.05, 0) is 31.3 Å². The summed E-state index contributed by atoms with van der Waals surface area (Å²) >= 11 is 6.35. The summed E-state index contributed by atoms with van der Waals surface area (Å²) in [5.74, 6) is 0.157. The number of likely N-dealkylation sites (N-methyl/N-ethyl adjacent to an activating group) is 1. The number of pyridine rings is 1. The zero-order chi connectivity index (χ0) is 21.4. The molecule has 156 valence electrons. The lowest BCUT2D eigenvalue weighted by molar-refractivity contribution is 0.0663. The SMILES string of the molecule is CN1CCN(C(=O)c2ccc(-c3cc(Cl)c4oc(N(C)C(=O)O)cc4c3)nc2)CC1. The van der Waals surface area contributed by atoms with Crippen molar-refractivity contribution in [2.75, 3.05) is 45.2 Å². The van der Waals surface area contributed by atoms with Gasteiger partial charge in [0.2, 0.25) is 5.88 Å². The summed E-state index contributed by atoms with van der Waals surface area (Å²) in [7, 11) is 3.44. The number of hydrogen-bond acceptors (Lipinski definition) is 5. The predicted molar refractivity (Wildman–Crippen MR) is 114 cm³/mol. The average Bonchev–Trinajstić information content (AvgIpc) is 3.18. The van der Waals surface area contributed by atoms with Crippen molar-refractivity contribution in [3.05, 3.63) is 47.1 Å². The fourth-order valence-corrected chi connectivity index (χ4v) is 3.65. The maximum absolute atomic E-state index is 12.7. The zero-order valence-electron chi connectivity index (χ0n) is 16.6. The lowest BCUT2D eigenvalue weighted by atomic mass is 10.1. The topological polar surface area (TPSA) is 90.1 Å². The van der Waals surface area contributed by atoms with E-state index in [4.69, 9.17) is 21.1 Å². The van der Waals surface area contributed by atoms with Crippen LogP contribution in [0, 0.1) is 0 Å². The third-order valence-corrected chi connectivity index (χ3v) is 5.55. The minimum Gasteiger partial charge on any atom is -0.465 e. The van der Waals surface area contributed by atoms with E-state index in [1.165, 1.54) is 7.05 Å². The van der Waals surface area contributed by atoms with E-state index in [-0.39, 0.29) is 11.8 Å². The van der Waals surface area contributed by atoms with Gasteiger partial charge in [0, 0.05) is 56.4 Å². The number of anilines is 1. The number of rotatable bonds is 3. The fourth-order valence-electron chi connectivity index (χ4n) is 3.39. The quantitative estimate of drug-likeness (QED) is 0.684. The molecule has 0 radical (unpaired) electrons. The van der Waals surface area contributed by atoms with Crippen molar-refractivity contribution in [1.82, 2.24) is 14.8 Å². The van der Waals surface area contributed by atoms with Gasteiger partial charge in [0.05, 0.1) is 16.3 Å². The number of carboxylic acid groups (broad SMARTS) is 1. The first kappa shape index (κ1) is 20.2. The van der Waals surface area contributed by atoms with E-state index in [1.807, 2.05) is 18.0 Å². The molecule has 1 aliphatic rings. The smallest absolute Gasteiger partial charge is 0.413 e. The van der Waals surface area contributed by atoms with E-state index in [2.05, 4.69) is 9.88 Å². The molecule has 0 atom stereocenters. The van der Waals surface area contributed by atoms with Crippen LogP contribution >= 0.6 is 11.6 Å². The van der Waals surface area contributed by atoms with Crippen molar-refractivity contribution in [2.45, 2.75) is 0 Å². The normalized spacial score (nSPS) is 14.8. The van der Waals surface area contributed by atoms with Gasteiger partial charge >= 0.3 is 6.09 Å². The second kappa shape index (κ2) is 7.97. The van der Waals surface area contributed by atoms with Gasteiger partial charge in [-0.2, -0.15) is 0 Å². The molecule has 0 unspecified atom stereocenters. The van der Waals surface area contributed by atoms with Crippen LogP contribution < -0.4 is 4.90 Å². The highest BCUT2D eigenvalue weighted by molar-refractivity contribution is 6.35. The van der Waals surface area contributed by atoms with Gasteiger partial charge in [-0.1, -0.05) is 11.6 Å². The summed E-state index contributed by atoms with van der Waals surface area (Å²) in [6, 6.07) is 8.70. The number of aromatic nitrogens is 1. The molecule has 1 aliphatic heterocycles. The maximum atomic E-state index is 12.7. The van der Waals surface area contributed by atoms with Gasteiger partial charge in [0.15, 0.2) is 5.58 Å². The minimum atomic E-state index is -1.13. The molecular formula is C21H21ClN4O4. The van der Waals surface area contributed by atoms with Crippen molar-refractivity contribution in [3.63, 3.8) is 0 Å². The van der Waals surface area contributed by atoms with Crippen molar-refractivity contribution >= 4 is 40.5 Å². The Kier molecular flexibility index (Phi) is 5.36. The standard InChI is InChI=1S/C21H21ClN4O4/c1-24-5-7-26(8-6-24)20(27)13-3-4-17(23-12-13)14-9-15-11-18(25(2)21(28)29)30-19(15)16(22)10-14/h3-4,9-12H,5-8H2,1-2H3,(H,28,29). The Balaban J connectivity index is 1.59. The summed E-state index contributed by atoms with van der Waals surface area (Å²) in [6.07, 6.45) is 0.445. The highest BCUT2D eigenvalue weighted by atomic mass is 35.5. The van der Waals surface area contributed by atoms with E-state index in [9.17, 15) is 9.59 Å². The Bertz CT molecular complexity index is 1100. The number of fused-ring (bicyclic) bond motifs is 1. The number of carbonyl (C=O) groups excluding carboxylic acids is 1. The van der Waals surface area contributed by atoms with Gasteiger partial charge in [-0.15, -0.1) is 0 Å². The number of benzene rings is 1. The molecule has 1 saturated heterocycles. The van der Waals surface area contributed by atoms with E-state index >= 15 is 0 Å². The maximum Gasteiger partial charge on any atom is 0.413 e. The molecule has 2 amide bonds. The predicted octanol–water partition coefficient (Wildman–Crippen LogP) is 3.65. The van der Waals surface area contributed by atoms with E-state index in [0.29, 0.717) is 40.3 Å². The molecule has 30 heavy (non-hydrogen) atoms. The molecule has 3 aromatic rings. The Morgan fingerprint density at radius 2 is 1.90 bits per heavy atom. The number of amides is 2. The first-order valence-electron chi connectivity index (χ1n) is 9.47. The molecule has 1 fully saturated rings. The highest BCUT2D eigenvalue weighted by Gasteiger charge is 2.21. The van der Waals surface area contributed by atoms with E-state index in [1.54, 1.807) is 30.5 Å². The van der Waals surface area contributed by atoms with Crippen LogP contribution in [0.1, 0.15) is 10.4 Å². The van der Waals surface area contributed by atoms with Crippen LogP contribution in [0.3, 0.4) is 0 Å². The summed E-state index contributed by atoms with van der Waals surface area (Å²) in [5, 5.41) is 10.2. The summed E-state index contributed by atoms with van der Waals surface area (Å²) in [4.78, 5) is 33.3. The highest BCUT2D eigenvalue weighted by Crippen LogP contribution is 2.35. The first-order chi connectivity index (χ1) is 14.3. The Morgan fingerprint density at radius 3 is 2.53 bits per heavy atom. The molecule has 1 N–H and O–H groups in total. The molecule has 8 nitrogen and oxygen atoms in total. The van der Waals surface area contributed by atoms with Crippen LogP contribution in [-0.2, 0) is 0 Å². The van der Waals surface area contributed by atoms with Gasteiger partial charge in [-0.3, -0.25) is 14.7 Å². The van der Waals surface area contributed by atoms with Crippen LogP contribution in [0.15, 0.2) is 40.9 Å². The van der Waals surface area contributed by atoms with Crippen molar-refractivity contribution in [3.8, 4) is 11.3 Å². The van der Waals surface area contributed by atoms with E-state index < -0.39 is 6.09 Å². The van der Waals surface area contributed by atoms with Crippen LogP contribution in [0.5, 0.6) is 0 Å². The summed E-state index contributed by atoms with van der Waals surface area (Å²) < 4.78 is 5.58. The number of carbonyl (C=O) groups is 2. The number of nitrogens with zero attached hydrogens (tertiary/aromatic N) is 4. The molecule has 0 saturated carbocycles. The third kappa shape index (κ3) is 3.83. The van der Waals surface area contributed by atoms with Gasteiger partial charge < -0.3 is 19.3 Å². The number of piperazine rings is 1. The second-order valence-electron chi connectivity index (χ2n) is 7.33. The van der Waals surface area contributed by atoms with Crippen LogP contribution in [0.25, 0.3) is 22.2 Å². The Hall–Kier alpha value is -3.10. The summed E-state index contributed by atoms with van der Waals surface area (Å²) in [6.45, 7) is 3.13.